The van der Waals surface area contributed by atoms with E-state index in [2.05, 4.69) is 20.6 Å². The zero-order valence-corrected chi connectivity index (χ0v) is 18.0. The highest BCUT2D eigenvalue weighted by molar-refractivity contribution is 7.99. The van der Waals surface area contributed by atoms with Crippen LogP contribution in [-0.2, 0) is 9.53 Å². The van der Waals surface area contributed by atoms with E-state index in [-0.39, 0.29) is 23.3 Å². The molecule has 2 N–H and O–H groups in total. The van der Waals surface area contributed by atoms with Crippen molar-refractivity contribution in [3.8, 4) is 22.8 Å². The van der Waals surface area contributed by atoms with E-state index < -0.39 is 0 Å². The van der Waals surface area contributed by atoms with Gasteiger partial charge in [0.2, 0.25) is 11.1 Å². The van der Waals surface area contributed by atoms with Gasteiger partial charge in [0.1, 0.15) is 5.52 Å². The van der Waals surface area contributed by atoms with E-state index in [1.54, 1.807) is 32.4 Å². The van der Waals surface area contributed by atoms with Gasteiger partial charge in [0.15, 0.2) is 11.5 Å². The zero-order chi connectivity index (χ0) is 21.8. The Morgan fingerprint density at radius 3 is 2.90 bits per heavy atom. The van der Waals surface area contributed by atoms with Crippen LogP contribution in [0.25, 0.3) is 16.8 Å². The smallest absolute Gasteiger partial charge is 0.290 e. The van der Waals surface area contributed by atoms with Gasteiger partial charge in [0.25, 0.3) is 5.56 Å². The molecule has 1 amide bonds. The molecule has 1 fully saturated rings. The van der Waals surface area contributed by atoms with Crippen molar-refractivity contribution in [2.75, 3.05) is 33.1 Å². The Hall–Kier alpha value is -3.05. The lowest BCUT2D eigenvalue weighted by atomic mass is 10.1. The van der Waals surface area contributed by atoms with Crippen molar-refractivity contribution in [2.24, 2.45) is 0 Å². The lowest BCUT2D eigenvalue weighted by Gasteiger charge is -2.10. The number of hydrogen-bond donors (Lipinski definition) is 2. The molecular weight excluding hydrogens is 422 g/mol. The summed E-state index contributed by atoms with van der Waals surface area (Å²) in [5.41, 5.74) is 1.30. The molecule has 0 unspecified atom stereocenters. The van der Waals surface area contributed by atoms with E-state index in [4.69, 9.17) is 14.2 Å². The van der Waals surface area contributed by atoms with E-state index in [1.165, 1.54) is 16.3 Å². The molecule has 11 heteroatoms. The molecule has 3 heterocycles. The van der Waals surface area contributed by atoms with Gasteiger partial charge in [-0.1, -0.05) is 11.8 Å². The standard InChI is InChI=1S/C20H23N5O5S/c1-28-16-6-5-12(8-17(16)29-2)14-9-15-19(27)22-23-20(25(15)24-14)31-11-18(26)21-10-13-4-3-7-30-13/h5-6,8-9,13H,3-4,7,10-11H2,1-2H3,(H,21,26)(H,22,27)/t13-/m1/s1. The van der Waals surface area contributed by atoms with Crippen molar-refractivity contribution < 1.29 is 19.0 Å². The molecule has 1 aliphatic rings. The number of hydrogen-bond acceptors (Lipinski definition) is 8. The SMILES string of the molecule is COc1ccc(-c2cc3c(=O)[nH]nc(SCC(=O)NC[C@H]4CCCO4)n3n2)cc1OC. The van der Waals surface area contributed by atoms with Gasteiger partial charge in [-0.05, 0) is 37.1 Å². The van der Waals surface area contributed by atoms with Crippen LogP contribution >= 0.6 is 11.8 Å². The number of benzene rings is 1. The number of rotatable bonds is 8. The Labute approximate surface area is 182 Å². The van der Waals surface area contributed by atoms with Crippen molar-refractivity contribution in [2.45, 2.75) is 24.1 Å². The molecule has 0 aliphatic carbocycles. The molecule has 1 aromatic carbocycles. The number of nitrogens with one attached hydrogen (secondary N) is 2. The summed E-state index contributed by atoms with van der Waals surface area (Å²) in [7, 11) is 3.12. The van der Waals surface area contributed by atoms with Crippen LogP contribution in [0, 0.1) is 0 Å². The van der Waals surface area contributed by atoms with Gasteiger partial charge >= 0.3 is 0 Å². The summed E-state index contributed by atoms with van der Waals surface area (Å²) in [6, 6.07) is 7.06. The maximum Gasteiger partial charge on any atom is 0.290 e. The normalized spacial score (nSPS) is 15.9. The molecule has 0 saturated carbocycles. The first kappa shape index (κ1) is 21.2. The zero-order valence-electron chi connectivity index (χ0n) is 17.2. The largest absolute Gasteiger partial charge is 0.493 e. The van der Waals surface area contributed by atoms with Crippen LogP contribution in [-0.4, -0.2) is 64.9 Å². The van der Waals surface area contributed by atoms with Gasteiger partial charge in [-0.3, -0.25) is 9.59 Å². The number of fused-ring (bicyclic) bond motifs is 1. The van der Waals surface area contributed by atoms with Crippen LogP contribution < -0.4 is 20.3 Å². The molecule has 3 aromatic rings. The van der Waals surface area contributed by atoms with Crippen LogP contribution in [0.5, 0.6) is 11.5 Å². The highest BCUT2D eigenvalue weighted by Gasteiger charge is 2.18. The third kappa shape index (κ3) is 4.67. The fourth-order valence-corrected chi connectivity index (χ4v) is 4.07. The Morgan fingerprint density at radius 2 is 2.16 bits per heavy atom. The average Bonchev–Trinajstić information content (AvgIpc) is 3.47. The third-order valence-corrected chi connectivity index (χ3v) is 5.87. The number of methoxy groups -OCH3 is 2. The number of H-pyrrole nitrogens is 1. The Kier molecular flexibility index (Phi) is 6.42. The van der Waals surface area contributed by atoms with E-state index in [1.807, 2.05) is 6.07 Å². The molecule has 10 nitrogen and oxygen atoms in total. The lowest BCUT2D eigenvalue weighted by Crippen LogP contribution is -2.33. The number of ether oxygens (including phenoxy) is 3. The quantitative estimate of drug-likeness (QED) is 0.501. The van der Waals surface area contributed by atoms with Gasteiger partial charge in [-0.15, -0.1) is 5.10 Å². The fourth-order valence-electron chi connectivity index (χ4n) is 3.34. The number of thioether (sulfide) groups is 1. The van der Waals surface area contributed by atoms with Gasteiger partial charge in [0.05, 0.1) is 31.8 Å². The molecule has 4 rings (SSSR count). The Balaban J connectivity index is 1.53. The molecule has 2 aromatic heterocycles. The van der Waals surface area contributed by atoms with Crippen molar-refractivity contribution in [3.05, 3.63) is 34.6 Å². The Bertz CT molecular complexity index is 1140. The van der Waals surface area contributed by atoms with Gasteiger partial charge in [-0.2, -0.15) is 5.10 Å². The number of amides is 1. The average molecular weight is 446 g/mol. The summed E-state index contributed by atoms with van der Waals surface area (Å²) in [6.07, 6.45) is 2.07. The molecule has 0 radical (unpaired) electrons. The van der Waals surface area contributed by atoms with Crippen molar-refractivity contribution in [3.63, 3.8) is 0 Å². The van der Waals surface area contributed by atoms with E-state index in [9.17, 15) is 9.59 Å². The first-order valence-corrected chi connectivity index (χ1v) is 10.8. The summed E-state index contributed by atoms with van der Waals surface area (Å²) >= 11 is 1.19. The summed E-state index contributed by atoms with van der Waals surface area (Å²) < 4.78 is 17.6. The number of aromatic nitrogens is 4. The minimum absolute atomic E-state index is 0.0852. The first-order chi connectivity index (χ1) is 15.1. The number of nitrogens with zero attached hydrogens (tertiary/aromatic N) is 3. The van der Waals surface area contributed by atoms with Crippen LogP contribution in [0.15, 0.2) is 34.2 Å². The molecule has 1 atom stereocenters. The molecular formula is C20H23N5O5S. The molecule has 0 spiro atoms. The summed E-state index contributed by atoms with van der Waals surface area (Å²) in [5.74, 6) is 1.17. The lowest BCUT2D eigenvalue weighted by molar-refractivity contribution is -0.119. The molecule has 1 aliphatic heterocycles. The summed E-state index contributed by atoms with van der Waals surface area (Å²) in [4.78, 5) is 24.5. The number of carbonyl (C=O) groups is 1. The topological polar surface area (TPSA) is 120 Å². The van der Waals surface area contributed by atoms with E-state index in [0.717, 1.165) is 25.0 Å². The minimum Gasteiger partial charge on any atom is -0.493 e. The predicted molar refractivity (Wildman–Crippen MR) is 115 cm³/mol. The fraction of sp³-hybridized carbons (Fsp3) is 0.400. The summed E-state index contributed by atoms with van der Waals surface area (Å²) in [5, 5.41) is 14.3. The molecule has 1 saturated heterocycles. The van der Waals surface area contributed by atoms with Crippen LogP contribution in [0.4, 0.5) is 0 Å². The van der Waals surface area contributed by atoms with Gasteiger partial charge in [-0.25, -0.2) is 9.61 Å². The van der Waals surface area contributed by atoms with Gasteiger partial charge in [0, 0.05) is 18.7 Å². The summed E-state index contributed by atoms with van der Waals surface area (Å²) in [6.45, 7) is 1.25. The molecule has 31 heavy (non-hydrogen) atoms. The van der Waals surface area contributed by atoms with E-state index in [0.29, 0.717) is 34.4 Å². The maximum absolute atomic E-state index is 12.3. The predicted octanol–water partition coefficient (Wildman–Crippen LogP) is 1.49. The third-order valence-electron chi connectivity index (χ3n) is 4.94. The first-order valence-electron chi connectivity index (χ1n) is 9.81. The van der Waals surface area contributed by atoms with Crippen molar-refractivity contribution >= 4 is 23.2 Å². The second kappa shape index (κ2) is 9.40. The van der Waals surface area contributed by atoms with Gasteiger partial charge < -0.3 is 19.5 Å². The molecule has 164 valence electrons. The van der Waals surface area contributed by atoms with Crippen LogP contribution in [0.2, 0.25) is 0 Å². The van der Waals surface area contributed by atoms with Crippen LogP contribution in [0.1, 0.15) is 12.8 Å². The minimum atomic E-state index is -0.369. The number of carbonyl (C=O) groups excluding carboxylic acids is 1. The number of aromatic amines is 1. The van der Waals surface area contributed by atoms with Crippen molar-refractivity contribution in [1.82, 2.24) is 25.1 Å². The second-order valence-electron chi connectivity index (χ2n) is 6.96. The van der Waals surface area contributed by atoms with E-state index >= 15 is 0 Å². The maximum atomic E-state index is 12.3. The second-order valence-corrected chi connectivity index (χ2v) is 7.90. The highest BCUT2D eigenvalue weighted by Crippen LogP contribution is 2.32. The van der Waals surface area contributed by atoms with Crippen LogP contribution in [0.3, 0.4) is 0 Å². The molecule has 0 bridgehead atoms. The monoisotopic (exact) mass is 445 g/mol. The van der Waals surface area contributed by atoms with Crippen molar-refractivity contribution in [1.29, 1.82) is 0 Å². The highest BCUT2D eigenvalue weighted by atomic mass is 32.2. The Morgan fingerprint density at radius 1 is 1.32 bits per heavy atom.